The molecule has 1 aliphatic heterocycles. The van der Waals surface area contributed by atoms with Gasteiger partial charge in [-0.25, -0.2) is 4.98 Å². The molecule has 0 unspecified atom stereocenters. The van der Waals surface area contributed by atoms with Gasteiger partial charge >= 0.3 is 0 Å². The van der Waals surface area contributed by atoms with Crippen molar-refractivity contribution in [1.82, 2.24) is 15.2 Å². The molecule has 5 rings (SSSR count). The minimum absolute atomic E-state index is 0.0540. The van der Waals surface area contributed by atoms with Crippen LogP contribution in [0.25, 0.3) is 22.4 Å². The molecule has 0 atom stereocenters. The van der Waals surface area contributed by atoms with E-state index in [1.165, 1.54) is 12.8 Å². The predicted molar refractivity (Wildman–Crippen MR) is 152 cm³/mol. The molecule has 3 aromatic rings. The predicted octanol–water partition coefficient (Wildman–Crippen LogP) is 5.89. The molecule has 0 spiro atoms. The molecule has 2 fully saturated rings. The van der Waals surface area contributed by atoms with E-state index in [9.17, 15) is 9.90 Å². The zero-order valence-electron chi connectivity index (χ0n) is 22.0. The summed E-state index contributed by atoms with van der Waals surface area (Å²) in [5.74, 6) is 0.427. The number of benzene rings is 2. The molecule has 200 valence electrons. The molecule has 38 heavy (non-hydrogen) atoms. The van der Waals surface area contributed by atoms with Gasteiger partial charge in [0.1, 0.15) is 18.1 Å². The van der Waals surface area contributed by atoms with Crippen molar-refractivity contribution in [3.05, 3.63) is 70.9 Å². The van der Waals surface area contributed by atoms with Crippen LogP contribution in [0.4, 0.5) is 0 Å². The molecule has 0 radical (unpaired) electrons. The number of aryl methyl sites for hydroxylation is 1. The second-order valence-corrected chi connectivity index (χ2v) is 10.8. The van der Waals surface area contributed by atoms with E-state index in [0.29, 0.717) is 41.6 Å². The van der Waals surface area contributed by atoms with Gasteiger partial charge in [0.05, 0.1) is 16.8 Å². The molecule has 1 saturated heterocycles. The van der Waals surface area contributed by atoms with Crippen LogP contribution >= 0.6 is 11.6 Å². The number of carbonyl (C=O) groups excluding carboxylic acids is 1. The zero-order valence-corrected chi connectivity index (χ0v) is 22.7. The maximum atomic E-state index is 13.2. The molecule has 2 heterocycles. The summed E-state index contributed by atoms with van der Waals surface area (Å²) in [7, 11) is 0. The first-order valence-electron chi connectivity index (χ1n) is 13.7. The summed E-state index contributed by atoms with van der Waals surface area (Å²) in [6, 6.07) is 17.7. The molecule has 2 N–H and O–H groups in total. The van der Waals surface area contributed by atoms with Crippen LogP contribution in [-0.2, 0) is 0 Å². The third kappa shape index (κ3) is 6.37. The number of aliphatic hydroxyl groups is 1. The number of halogens is 1. The molecule has 6 nitrogen and oxygen atoms in total. The Kier molecular flexibility index (Phi) is 8.62. The number of hydrogen-bond donors (Lipinski definition) is 2. The van der Waals surface area contributed by atoms with E-state index < -0.39 is 0 Å². The molecule has 2 aromatic carbocycles. The lowest BCUT2D eigenvalue weighted by molar-refractivity contribution is 0.0863. The van der Waals surface area contributed by atoms with E-state index in [0.717, 1.165) is 54.7 Å². The molecular formula is C31H36ClN3O3. The number of amides is 1. The van der Waals surface area contributed by atoms with Crippen molar-refractivity contribution >= 4 is 17.5 Å². The molecule has 1 amide bonds. The van der Waals surface area contributed by atoms with Crippen molar-refractivity contribution in [3.63, 3.8) is 0 Å². The third-order valence-corrected chi connectivity index (χ3v) is 7.98. The Bertz CT molecular complexity index is 1270. The number of aromatic nitrogens is 1. The highest BCUT2D eigenvalue weighted by molar-refractivity contribution is 6.32. The highest BCUT2D eigenvalue weighted by Crippen LogP contribution is 2.36. The van der Waals surface area contributed by atoms with Gasteiger partial charge in [-0.3, -0.25) is 9.69 Å². The molecule has 0 bridgehead atoms. The summed E-state index contributed by atoms with van der Waals surface area (Å²) in [4.78, 5) is 20.5. The first-order valence-corrected chi connectivity index (χ1v) is 14.1. The standard InChI is InChI=1S/C31H36ClN3O3/c1-21-6-2-3-7-25(21)26-13-15-28(31(37)33-23-9-11-24(36)12-10-23)34-30(26)22-8-14-27(32)29(20-22)38-19-18-35-16-4-5-17-35/h2-3,6-8,13-15,20,23-24,36H,4-5,9-12,16-19H2,1H3,(H,33,37). The third-order valence-electron chi connectivity index (χ3n) is 7.66. The van der Waals surface area contributed by atoms with Crippen molar-refractivity contribution in [2.45, 2.75) is 57.6 Å². The second kappa shape index (κ2) is 12.3. The summed E-state index contributed by atoms with van der Waals surface area (Å²) in [6.45, 7) is 5.77. The monoisotopic (exact) mass is 533 g/mol. The smallest absolute Gasteiger partial charge is 0.270 e. The van der Waals surface area contributed by atoms with Crippen molar-refractivity contribution < 1.29 is 14.6 Å². The number of aliphatic hydroxyl groups excluding tert-OH is 1. The number of nitrogens with zero attached hydrogens (tertiary/aromatic N) is 2. The Morgan fingerprint density at radius 1 is 1.05 bits per heavy atom. The topological polar surface area (TPSA) is 74.7 Å². The van der Waals surface area contributed by atoms with E-state index in [4.69, 9.17) is 21.3 Å². The highest BCUT2D eigenvalue weighted by atomic mass is 35.5. The number of hydrogen-bond acceptors (Lipinski definition) is 5. The number of pyridine rings is 1. The van der Waals surface area contributed by atoms with Crippen LogP contribution < -0.4 is 10.1 Å². The fraction of sp³-hybridized carbons (Fsp3) is 0.419. The van der Waals surface area contributed by atoms with Gasteiger partial charge in [-0.05, 0) is 93.9 Å². The van der Waals surface area contributed by atoms with Gasteiger partial charge in [0, 0.05) is 23.7 Å². The van der Waals surface area contributed by atoms with Gasteiger partial charge in [0.15, 0.2) is 0 Å². The molecule has 2 aliphatic rings. The van der Waals surface area contributed by atoms with E-state index >= 15 is 0 Å². The van der Waals surface area contributed by atoms with Gasteiger partial charge in [0.25, 0.3) is 5.91 Å². The zero-order chi connectivity index (χ0) is 26.5. The lowest BCUT2D eigenvalue weighted by atomic mass is 9.93. The first kappa shape index (κ1) is 26.7. The van der Waals surface area contributed by atoms with Crippen LogP contribution in [-0.4, -0.2) is 59.3 Å². The molecule has 1 aliphatic carbocycles. The number of likely N-dealkylation sites (tertiary alicyclic amines) is 1. The Hall–Kier alpha value is -2.93. The van der Waals surface area contributed by atoms with E-state index in [2.05, 4.69) is 29.3 Å². The maximum absolute atomic E-state index is 13.2. The van der Waals surface area contributed by atoms with Crippen molar-refractivity contribution in [3.8, 4) is 28.1 Å². The summed E-state index contributed by atoms with van der Waals surface area (Å²) < 4.78 is 6.12. The van der Waals surface area contributed by atoms with Crippen LogP contribution in [0.3, 0.4) is 0 Å². The van der Waals surface area contributed by atoms with Gasteiger partial charge in [-0.1, -0.05) is 41.9 Å². The minimum atomic E-state index is -0.266. The average Bonchev–Trinajstić information content (AvgIpc) is 3.45. The Labute approximate surface area is 230 Å². The summed E-state index contributed by atoms with van der Waals surface area (Å²) in [5.41, 5.74) is 5.08. The molecule has 7 heteroatoms. The first-order chi connectivity index (χ1) is 18.5. The lowest BCUT2D eigenvalue weighted by Gasteiger charge is -2.26. The lowest BCUT2D eigenvalue weighted by Crippen LogP contribution is -2.38. The van der Waals surface area contributed by atoms with Gasteiger partial charge < -0.3 is 15.2 Å². The summed E-state index contributed by atoms with van der Waals surface area (Å²) in [5, 5.41) is 13.5. The molecular weight excluding hydrogens is 498 g/mol. The van der Waals surface area contributed by atoms with Crippen LogP contribution in [0, 0.1) is 6.92 Å². The van der Waals surface area contributed by atoms with Gasteiger partial charge in [0.2, 0.25) is 0 Å². The van der Waals surface area contributed by atoms with E-state index in [1.54, 1.807) is 6.07 Å². The van der Waals surface area contributed by atoms with Gasteiger partial charge in [-0.15, -0.1) is 0 Å². The molecule has 1 saturated carbocycles. The average molecular weight is 534 g/mol. The Balaban J connectivity index is 1.44. The largest absolute Gasteiger partial charge is 0.491 e. The van der Waals surface area contributed by atoms with Crippen molar-refractivity contribution in [2.75, 3.05) is 26.2 Å². The maximum Gasteiger partial charge on any atom is 0.270 e. The number of carbonyl (C=O) groups is 1. The number of ether oxygens (including phenoxy) is 1. The van der Waals surface area contributed by atoms with Crippen LogP contribution in [0.2, 0.25) is 5.02 Å². The Morgan fingerprint density at radius 3 is 2.58 bits per heavy atom. The molecule has 1 aromatic heterocycles. The van der Waals surface area contributed by atoms with Crippen molar-refractivity contribution in [1.29, 1.82) is 0 Å². The van der Waals surface area contributed by atoms with Crippen LogP contribution in [0.5, 0.6) is 5.75 Å². The van der Waals surface area contributed by atoms with Gasteiger partial charge in [-0.2, -0.15) is 0 Å². The normalized spacial score (nSPS) is 19.9. The summed E-state index contributed by atoms with van der Waals surface area (Å²) >= 11 is 6.52. The fourth-order valence-electron chi connectivity index (χ4n) is 5.43. The summed E-state index contributed by atoms with van der Waals surface area (Å²) in [6.07, 6.45) is 5.19. The quantitative estimate of drug-likeness (QED) is 0.378. The highest BCUT2D eigenvalue weighted by Gasteiger charge is 2.23. The van der Waals surface area contributed by atoms with Crippen molar-refractivity contribution in [2.24, 2.45) is 0 Å². The number of rotatable bonds is 8. The Morgan fingerprint density at radius 2 is 1.82 bits per heavy atom. The second-order valence-electron chi connectivity index (χ2n) is 10.4. The van der Waals surface area contributed by atoms with E-state index in [-0.39, 0.29) is 18.1 Å². The van der Waals surface area contributed by atoms with Crippen LogP contribution in [0.1, 0.15) is 54.6 Å². The fourth-order valence-corrected chi connectivity index (χ4v) is 5.60. The minimum Gasteiger partial charge on any atom is -0.491 e. The van der Waals surface area contributed by atoms with Crippen LogP contribution in [0.15, 0.2) is 54.6 Å². The van der Waals surface area contributed by atoms with E-state index in [1.807, 2.05) is 36.4 Å². The SMILES string of the molecule is Cc1ccccc1-c1ccc(C(=O)NC2CCC(O)CC2)nc1-c1ccc(Cl)c(OCCN2CCCC2)c1. The number of nitrogens with one attached hydrogen (secondary N) is 1.